The standard InChI is InChI=1S/C22H28N4O2S/c1-24(10-7-17-5-3-2-4-6-17)21(28)20-19(26-13-14-29-22(26)23-20)15-25-11-8-18(16-27)9-12-25/h2-6,13-14,18,27H,7-12,15-16H2,1H3. The Bertz CT molecular complexity index is 944. The maximum atomic E-state index is 13.2. The summed E-state index contributed by atoms with van der Waals surface area (Å²) >= 11 is 1.56. The van der Waals surface area contributed by atoms with Gasteiger partial charge in [-0.15, -0.1) is 11.3 Å². The number of hydrogen-bond acceptors (Lipinski definition) is 5. The average Bonchev–Trinajstić information content (AvgIpc) is 3.35. The van der Waals surface area contributed by atoms with Gasteiger partial charge in [0.15, 0.2) is 10.7 Å². The molecule has 1 saturated heterocycles. The Balaban J connectivity index is 1.48. The third-order valence-corrected chi connectivity index (χ3v) is 6.58. The number of benzene rings is 1. The molecule has 3 aromatic rings. The fourth-order valence-electron chi connectivity index (χ4n) is 3.92. The molecular formula is C22H28N4O2S. The first-order valence-electron chi connectivity index (χ1n) is 10.2. The highest BCUT2D eigenvalue weighted by atomic mass is 32.1. The van der Waals surface area contributed by atoms with E-state index >= 15 is 0 Å². The van der Waals surface area contributed by atoms with E-state index in [0.717, 1.165) is 43.0 Å². The van der Waals surface area contributed by atoms with E-state index in [1.54, 1.807) is 16.2 Å². The molecule has 0 bridgehead atoms. The summed E-state index contributed by atoms with van der Waals surface area (Å²) in [6.07, 6.45) is 4.84. The van der Waals surface area contributed by atoms with Gasteiger partial charge in [0.05, 0.1) is 5.69 Å². The lowest BCUT2D eigenvalue weighted by atomic mass is 9.98. The van der Waals surface area contributed by atoms with Crippen LogP contribution in [0.5, 0.6) is 0 Å². The maximum absolute atomic E-state index is 13.2. The van der Waals surface area contributed by atoms with Crippen molar-refractivity contribution in [1.82, 2.24) is 19.2 Å². The Kier molecular flexibility index (Phi) is 6.28. The molecule has 0 aliphatic carbocycles. The lowest BCUT2D eigenvalue weighted by molar-refractivity contribution is 0.0787. The minimum atomic E-state index is -0.0166. The molecule has 1 N–H and O–H groups in total. The first-order chi connectivity index (χ1) is 14.2. The van der Waals surface area contributed by atoms with Gasteiger partial charge >= 0.3 is 0 Å². The number of likely N-dealkylation sites (N-methyl/N-ethyl adjacent to an activating group) is 1. The second kappa shape index (κ2) is 9.07. The van der Waals surface area contributed by atoms with E-state index in [9.17, 15) is 9.90 Å². The van der Waals surface area contributed by atoms with Gasteiger partial charge in [0, 0.05) is 38.3 Å². The lowest BCUT2D eigenvalue weighted by Gasteiger charge is -2.31. The summed E-state index contributed by atoms with van der Waals surface area (Å²) in [5.74, 6) is 0.389. The van der Waals surface area contributed by atoms with Crippen molar-refractivity contribution in [3.05, 3.63) is 58.9 Å². The Labute approximate surface area is 175 Å². The number of thiazole rings is 1. The molecule has 0 unspecified atom stereocenters. The molecule has 154 valence electrons. The number of carbonyl (C=O) groups excluding carboxylic acids is 1. The Morgan fingerprint density at radius 3 is 2.76 bits per heavy atom. The molecule has 0 saturated carbocycles. The predicted octanol–water partition coefficient (Wildman–Crippen LogP) is 2.91. The van der Waals surface area contributed by atoms with Crippen LogP contribution in [0.25, 0.3) is 4.96 Å². The van der Waals surface area contributed by atoms with E-state index in [1.807, 2.05) is 36.8 Å². The summed E-state index contributed by atoms with van der Waals surface area (Å²) in [6.45, 7) is 3.53. The van der Waals surface area contributed by atoms with Crippen LogP contribution in [-0.4, -0.2) is 63.5 Å². The third kappa shape index (κ3) is 4.52. The monoisotopic (exact) mass is 412 g/mol. The van der Waals surface area contributed by atoms with Crippen LogP contribution in [0.15, 0.2) is 41.9 Å². The van der Waals surface area contributed by atoms with Crippen molar-refractivity contribution in [2.75, 3.05) is 33.3 Å². The van der Waals surface area contributed by atoms with Gasteiger partial charge in [0.2, 0.25) is 0 Å². The second-order valence-corrected chi connectivity index (χ2v) is 8.70. The van der Waals surface area contributed by atoms with E-state index in [4.69, 9.17) is 0 Å². The summed E-state index contributed by atoms with van der Waals surface area (Å²) in [7, 11) is 1.86. The van der Waals surface area contributed by atoms with Crippen molar-refractivity contribution in [2.24, 2.45) is 5.92 Å². The van der Waals surface area contributed by atoms with Gasteiger partial charge < -0.3 is 10.0 Å². The lowest BCUT2D eigenvalue weighted by Crippen LogP contribution is -2.36. The van der Waals surface area contributed by atoms with E-state index < -0.39 is 0 Å². The first kappa shape index (κ1) is 20.1. The topological polar surface area (TPSA) is 61.1 Å². The molecule has 1 aliphatic rings. The van der Waals surface area contributed by atoms with E-state index in [1.165, 1.54) is 5.56 Å². The van der Waals surface area contributed by atoms with Gasteiger partial charge in [-0.3, -0.25) is 14.1 Å². The number of imidazole rings is 1. The largest absolute Gasteiger partial charge is 0.396 e. The normalized spacial score (nSPS) is 15.8. The van der Waals surface area contributed by atoms with Gasteiger partial charge in [0.1, 0.15) is 0 Å². The van der Waals surface area contributed by atoms with Gasteiger partial charge in [-0.25, -0.2) is 4.98 Å². The number of fused-ring (bicyclic) bond motifs is 1. The average molecular weight is 413 g/mol. The zero-order chi connectivity index (χ0) is 20.2. The molecule has 1 amide bonds. The number of nitrogens with zero attached hydrogens (tertiary/aromatic N) is 4. The number of piperidine rings is 1. The molecule has 7 heteroatoms. The smallest absolute Gasteiger partial charge is 0.274 e. The molecule has 1 aromatic carbocycles. The highest BCUT2D eigenvalue weighted by Crippen LogP contribution is 2.23. The molecule has 1 fully saturated rings. The number of aromatic nitrogens is 2. The molecule has 3 heterocycles. The molecular weight excluding hydrogens is 384 g/mol. The highest BCUT2D eigenvalue weighted by Gasteiger charge is 2.26. The summed E-state index contributed by atoms with van der Waals surface area (Å²) < 4.78 is 2.06. The number of aliphatic hydroxyl groups excluding tert-OH is 1. The van der Waals surface area contributed by atoms with Crippen molar-refractivity contribution in [2.45, 2.75) is 25.8 Å². The van der Waals surface area contributed by atoms with Crippen LogP contribution in [0, 0.1) is 5.92 Å². The SMILES string of the molecule is CN(CCc1ccccc1)C(=O)c1nc2sccn2c1CN1CCC(CO)CC1. The second-order valence-electron chi connectivity index (χ2n) is 7.83. The number of amides is 1. The van der Waals surface area contributed by atoms with Crippen LogP contribution in [0.3, 0.4) is 0 Å². The minimum absolute atomic E-state index is 0.0166. The van der Waals surface area contributed by atoms with Gasteiger partial charge in [-0.05, 0) is 43.8 Å². The van der Waals surface area contributed by atoms with Crippen molar-refractivity contribution in [1.29, 1.82) is 0 Å². The van der Waals surface area contributed by atoms with Gasteiger partial charge in [-0.2, -0.15) is 0 Å². The van der Waals surface area contributed by atoms with Gasteiger partial charge in [-0.1, -0.05) is 30.3 Å². The Morgan fingerprint density at radius 2 is 2.03 bits per heavy atom. The van der Waals surface area contributed by atoms with Crippen molar-refractivity contribution in [3.8, 4) is 0 Å². The molecule has 6 nitrogen and oxygen atoms in total. The molecule has 2 aromatic heterocycles. The molecule has 0 radical (unpaired) electrons. The highest BCUT2D eigenvalue weighted by molar-refractivity contribution is 7.15. The fraction of sp³-hybridized carbons (Fsp3) is 0.455. The van der Waals surface area contributed by atoms with Crippen LogP contribution in [0.4, 0.5) is 0 Å². The number of aliphatic hydroxyl groups is 1. The number of likely N-dealkylation sites (tertiary alicyclic amines) is 1. The zero-order valence-electron chi connectivity index (χ0n) is 16.8. The molecule has 0 spiro atoms. The van der Waals surface area contributed by atoms with Crippen molar-refractivity contribution < 1.29 is 9.90 Å². The van der Waals surface area contributed by atoms with Gasteiger partial charge in [0.25, 0.3) is 5.91 Å². The zero-order valence-corrected chi connectivity index (χ0v) is 17.6. The Hall–Kier alpha value is -2.22. The maximum Gasteiger partial charge on any atom is 0.274 e. The van der Waals surface area contributed by atoms with Crippen molar-refractivity contribution >= 4 is 22.2 Å². The number of rotatable bonds is 7. The summed E-state index contributed by atoms with van der Waals surface area (Å²) in [6, 6.07) is 10.2. The third-order valence-electron chi connectivity index (χ3n) is 5.83. The number of carbonyl (C=O) groups is 1. The van der Waals surface area contributed by atoms with Crippen LogP contribution < -0.4 is 0 Å². The quantitative estimate of drug-likeness (QED) is 0.648. The van der Waals surface area contributed by atoms with E-state index in [-0.39, 0.29) is 12.5 Å². The number of hydrogen-bond donors (Lipinski definition) is 1. The summed E-state index contributed by atoms with van der Waals surface area (Å²) in [5, 5.41) is 11.4. The van der Waals surface area contributed by atoms with Crippen molar-refractivity contribution in [3.63, 3.8) is 0 Å². The van der Waals surface area contributed by atoms with Crippen LogP contribution in [-0.2, 0) is 13.0 Å². The van der Waals surface area contributed by atoms with Crippen LogP contribution >= 0.6 is 11.3 Å². The molecule has 0 atom stereocenters. The Morgan fingerprint density at radius 1 is 1.28 bits per heavy atom. The van der Waals surface area contributed by atoms with E-state index in [0.29, 0.717) is 24.7 Å². The predicted molar refractivity (Wildman–Crippen MR) is 115 cm³/mol. The first-order valence-corrected chi connectivity index (χ1v) is 11.1. The summed E-state index contributed by atoms with van der Waals surface area (Å²) in [4.78, 5) is 22.9. The molecule has 1 aliphatic heterocycles. The van der Waals surface area contributed by atoms with Crippen LogP contribution in [0.2, 0.25) is 0 Å². The van der Waals surface area contributed by atoms with Crippen LogP contribution in [0.1, 0.15) is 34.6 Å². The molecule has 4 rings (SSSR count). The summed E-state index contributed by atoms with van der Waals surface area (Å²) in [5.41, 5.74) is 2.77. The van der Waals surface area contributed by atoms with E-state index in [2.05, 4.69) is 26.4 Å². The molecule has 29 heavy (non-hydrogen) atoms. The minimum Gasteiger partial charge on any atom is -0.396 e. The fourth-order valence-corrected chi connectivity index (χ4v) is 4.65.